The van der Waals surface area contributed by atoms with Gasteiger partial charge in [-0.05, 0) is 50.0 Å². The lowest BCUT2D eigenvalue weighted by molar-refractivity contribution is 0.286. The molecule has 0 amide bonds. The van der Waals surface area contributed by atoms with Gasteiger partial charge in [0.25, 0.3) is 0 Å². The van der Waals surface area contributed by atoms with E-state index < -0.39 is 0 Å². The van der Waals surface area contributed by atoms with Crippen LogP contribution >= 0.6 is 0 Å². The molecule has 0 aromatic heterocycles. The van der Waals surface area contributed by atoms with Gasteiger partial charge in [-0.25, -0.2) is 0 Å². The van der Waals surface area contributed by atoms with E-state index in [0.29, 0.717) is 6.04 Å². The summed E-state index contributed by atoms with van der Waals surface area (Å²) in [5, 5.41) is 3.45. The van der Waals surface area contributed by atoms with Crippen molar-refractivity contribution in [3.8, 4) is 5.75 Å². The van der Waals surface area contributed by atoms with Gasteiger partial charge in [-0.1, -0.05) is 25.5 Å². The zero-order chi connectivity index (χ0) is 14.4. The molecule has 2 rings (SSSR count). The van der Waals surface area contributed by atoms with Gasteiger partial charge in [0.05, 0.1) is 7.11 Å². The van der Waals surface area contributed by atoms with Gasteiger partial charge in [-0.2, -0.15) is 0 Å². The van der Waals surface area contributed by atoms with Crippen LogP contribution in [0.1, 0.15) is 37.8 Å². The van der Waals surface area contributed by atoms with Gasteiger partial charge in [0, 0.05) is 19.1 Å². The van der Waals surface area contributed by atoms with E-state index in [1.807, 2.05) is 12.1 Å². The molecule has 1 aromatic carbocycles. The summed E-state index contributed by atoms with van der Waals surface area (Å²) in [7, 11) is 3.76. The van der Waals surface area contributed by atoms with Gasteiger partial charge in [-0.15, -0.1) is 0 Å². The molecule has 1 aliphatic heterocycles. The van der Waals surface area contributed by atoms with Crippen LogP contribution in [0.15, 0.2) is 24.3 Å². The number of likely N-dealkylation sites (N-methyl/N-ethyl adjacent to an activating group) is 1. The van der Waals surface area contributed by atoms with Crippen LogP contribution in [0.3, 0.4) is 0 Å². The Morgan fingerprint density at radius 3 is 2.70 bits per heavy atom. The first-order chi connectivity index (χ1) is 9.76. The monoisotopic (exact) mass is 276 g/mol. The van der Waals surface area contributed by atoms with Crippen LogP contribution in [0.2, 0.25) is 0 Å². The summed E-state index contributed by atoms with van der Waals surface area (Å²) >= 11 is 0. The Morgan fingerprint density at radius 2 is 2.10 bits per heavy atom. The molecule has 1 aliphatic rings. The van der Waals surface area contributed by atoms with Crippen LogP contribution in [-0.4, -0.2) is 38.7 Å². The Bertz CT molecular complexity index is 390. The molecule has 1 heterocycles. The maximum atomic E-state index is 5.23. The third kappa shape index (κ3) is 3.97. The van der Waals surface area contributed by atoms with E-state index in [4.69, 9.17) is 4.74 Å². The summed E-state index contributed by atoms with van der Waals surface area (Å²) in [5.41, 5.74) is 1.34. The molecule has 1 aromatic rings. The molecule has 0 radical (unpaired) electrons. The SMILES string of the molecule is CCCC1CCN(CC(NC)c2ccc(OC)cc2)C1. The maximum Gasteiger partial charge on any atom is 0.118 e. The number of hydrogen-bond acceptors (Lipinski definition) is 3. The lowest BCUT2D eigenvalue weighted by Crippen LogP contribution is -2.32. The number of rotatable bonds is 7. The normalized spacial score (nSPS) is 21.1. The van der Waals surface area contributed by atoms with Crippen molar-refractivity contribution in [2.45, 2.75) is 32.2 Å². The highest BCUT2D eigenvalue weighted by Crippen LogP contribution is 2.24. The fourth-order valence-corrected chi connectivity index (χ4v) is 3.18. The van der Waals surface area contributed by atoms with Crippen molar-refractivity contribution >= 4 is 0 Å². The maximum absolute atomic E-state index is 5.23. The van der Waals surface area contributed by atoms with E-state index in [1.165, 1.54) is 37.9 Å². The number of ether oxygens (including phenoxy) is 1. The zero-order valence-electron chi connectivity index (χ0n) is 13.1. The van der Waals surface area contributed by atoms with Gasteiger partial charge in [0.15, 0.2) is 0 Å². The summed E-state index contributed by atoms with van der Waals surface area (Å²) in [5.74, 6) is 1.83. The van der Waals surface area contributed by atoms with E-state index in [9.17, 15) is 0 Å². The van der Waals surface area contributed by atoms with E-state index in [1.54, 1.807) is 7.11 Å². The van der Waals surface area contributed by atoms with Crippen molar-refractivity contribution in [3.63, 3.8) is 0 Å². The Balaban J connectivity index is 1.91. The smallest absolute Gasteiger partial charge is 0.118 e. The minimum atomic E-state index is 0.404. The summed E-state index contributed by atoms with van der Waals surface area (Å²) < 4.78 is 5.23. The lowest BCUT2D eigenvalue weighted by Gasteiger charge is -2.24. The molecule has 2 unspecified atom stereocenters. The minimum Gasteiger partial charge on any atom is -0.497 e. The summed E-state index contributed by atoms with van der Waals surface area (Å²) in [6.45, 7) is 5.90. The molecule has 2 atom stereocenters. The predicted octanol–water partition coefficient (Wildman–Crippen LogP) is 3.08. The highest BCUT2D eigenvalue weighted by molar-refractivity contribution is 5.29. The molecule has 3 heteroatoms. The number of benzene rings is 1. The average molecular weight is 276 g/mol. The topological polar surface area (TPSA) is 24.5 Å². The van der Waals surface area contributed by atoms with Crippen LogP contribution in [0.4, 0.5) is 0 Å². The first kappa shape index (κ1) is 15.3. The predicted molar refractivity (Wildman–Crippen MR) is 84.2 cm³/mol. The number of likely N-dealkylation sites (tertiary alicyclic amines) is 1. The third-order valence-electron chi connectivity index (χ3n) is 4.37. The molecular weight excluding hydrogens is 248 g/mol. The van der Waals surface area contributed by atoms with Crippen LogP contribution in [-0.2, 0) is 0 Å². The molecule has 1 fully saturated rings. The number of nitrogens with zero attached hydrogens (tertiary/aromatic N) is 1. The van der Waals surface area contributed by atoms with Gasteiger partial charge in [-0.3, -0.25) is 0 Å². The Hall–Kier alpha value is -1.06. The standard InChI is InChI=1S/C17H28N2O/c1-4-5-14-10-11-19(12-14)13-17(18-2)15-6-8-16(20-3)9-7-15/h6-9,14,17-18H,4-5,10-13H2,1-3H3. The first-order valence-corrected chi connectivity index (χ1v) is 7.80. The minimum absolute atomic E-state index is 0.404. The molecule has 0 saturated carbocycles. The van der Waals surface area contributed by atoms with Crippen LogP contribution in [0, 0.1) is 5.92 Å². The van der Waals surface area contributed by atoms with E-state index >= 15 is 0 Å². The second kappa shape index (κ2) is 7.65. The second-order valence-corrected chi connectivity index (χ2v) is 5.82. The Morgan fingerprint density at radius 1 is 1.35 bits per heavy atom. The molecule has 0 bridgehead atoms. The highest BCUT2D eigenvalue weighted by atomic mass is 16.5. The van der Waals surface area contributed by atoms with E-state index in [-0.39, 0.29) is 0 Å². The van der Waals surface area contributed by atoms with Crippen molar-refractivity contribution in [2.75, 3.05) is 33.8 Å². The zero-order valence-corrected chi connectivity index (χ0v) is 13.1. The molecule has 1 N–H and O–H groups in total. The van der Waals surface area contributed by atoms with Crippen LogP contribution < -0.4 is 10.1 Å². The van der Waals surface area contributed by atoms with Gasteiger partial charge in [0.1, 0.15) is 5.75 Å². The Labute approximate surface area is 123 Å². The summed E-state index contributed by atoms with van der Waals surface area (Å²) in [6, 6.07) is 8.83. The van der Waals surface area contributed by atoms with Crippen LogP contribution in [0.5, 0.6) is 5.75 Å². The largest absolute Gasteiger partial charge is 0.497 e. The lowest BCUT2D eigenvalue weighted by atomic mass is 10.0. The van der Waals surface area contributed by atoms with Crippen LogP contribution in [0.25, 0.3) is 0 Å². The van der Waals surface area contributed by atoms with Crippen molar-refractivity contribution in [3.05, 3.63) is 29.8 Å². The van der Waals surface area contributed by atoms with Crippen molar-refractivity contribution in [1.82, 2.24) is 10.2 Å². The highest BCUT2D eigenvalue weighted by Gasteiger charge is 2.24. The van der Waals surface area contributed by atoms with Gasteiger partial charge in [0.2, 0.25) is 0 Å². The van der Waals surface area contributed by atoms with Crippen molar-refractivity contribution in [1.29, 1.82) is 0 Å². The Kier molecular flexibility index (Phi) is 5.86. The van der Waals surface area contributed by atoms with Gasteiger partial charge < -0.3 is 15.0 Å². The molecule has 0 spiro atoms. The first-order valence-electron chi connectivity index (χ1n) is 7.80. The fraction of sp³-hybridized carbons (Fsp3) is 0.647. The fourth-order valence-electron chi connectivity index (χ4n) is 3.18. The second-order valence-electron chi connectivity index (χ2n) is 5.82. The molecular formula is C17H28N2O. The van der Waals surface area contributed by atoms with Crippen molar-refractivity contribution in [2.24, 2.45) is 5.92 Å². The quantitative estimate of drug-likeness (QED) is 0.828. The van der Waals surface area contributed by atoms with Crippen molar-refractivity contribution < 1.29 is 4.74 Å². The number of nitrogens with one attached hydrogen (secondary N) is 1. The molecule has 1 saturated heterocycles. The van der Waals surface area contributed by atoms with E-state index in [2.05, 4.69) is 36.3 Å². The van der Waals surface area contributed by atoms with Gasteiger partial charge >= 0.3 is 0 Å². The molecule has 20 heavy (non-hydrogen) atoms. The molecule has 3 nitrogen and oxygen atoms in total. The molecule has 0 aliphatic carbocycles. The summed E-state index contributed by atoms with van der Waals surface area (Å²) in [6.07, 6.45) is 4.06. The number of methoxy groups -OCH3 is 1. The molecule has 112 valence electrons. The summed E-state index contributed by atoms with van der Waals surface area (Å²) in [4.78, 5) is 2.60. The van der Waals surface area contributed by atoms with E-state index in [0.717, 1.165) is 18.2 Å². The number of hydrogen-bond donors (Lipinski definition) is 1. The third-order valence-corrected chi connectivity index (χ3v) is 4.37. The average Bonchev–Trinajstić information content (AvgIpc) is 2.93.